The molecule has 8 heteroatoms. The topological polar surface area (TPSA) is 99.1 Å². The number of benzene rings is 1. The predicted molar refractivity (Wildman–Crippen MR) is 88.9 cm³/mol. The molecule has 0 bridgehead atoms. The monoisotopic (exact) mass is 356 g/mol. The maximum atomic E-state index is 11.4. The third-order valence-electron chi connectivity index (χ3n) is 4.77. The lowest BCUT2D eigenvalue weighted by atomic mass is 9.95. The molecule has 0 aliphatic carbocycles. The molecule has 2 aliphatic heterocycles. The Morgan fingerprint density at radius 2 is 2.00 bits per heavy atom. The molecule has 0 amide bonds. The number of nitrogens with zero attached hydrogens (tertiary/aromatic N) is 1. The summed E-state index contributed by atoms with van der Waals surface area (Å²) in [5, 5.41) is 20.0. The van der Waals surface area contributed by atoms with Gasteiger partial charge in [0.05, 0.1) is 25.0 Å². The molecule has 0 aromatic heterocycles. The second-order valence-corrected chi connectivity index (χ2v) is 8.32. The maximum absolute atomic E-state index is 11.4. The molecule has 1 fully saturated rings. The summed E-state index contributed by atoms with van der Waals surface area (Å²) in [5.41, 5.74) is 2.50. The van der Waals surface area contributed by atoms with Gasteiger partial charge in [-0.15, -0.1) is 0 Å². The molecule has 1 aromatic carbocycles. The second kappa shape index (κ2) is 7.07. The number of nitrogens with one attached hydrogen (secondary N) is 1. The smallest absolute Gasteiger partial charge is 0.208 e. The highest BCUT2D eigenvalue weighted by Gasteiger charge is 2.46. The van der Waals surface area contributed by atoms with Crippen LogP contribution in [0.25, 0.3) is 0 Å². The average molecular weight is 356 g/mol. The minimum absolute atomic E-state index is 0.0786. The van der Waals surface area contributed by atoms with Crippen LogP contribution in [0, 0.1) is 0 Å². The summed E-state index contributed by atoms with van der Waals surface area (Å²) in [6.45, 7) is 1.22. The molecule has 3 rings (SSSR count). The summed E-state index contributed by atoms with van der Waals surface area (Å²) < 4.78 is 30.9. The first-order valence-corrected chi connectivity index (χ1v) is 9.98. The summed E-state index contributed by atoms with van der Waals surface area (Å²) in [7, 11) is -3.35. The van der Waals surface area contributed by atoms with Crippen molar-refractivity contribution in [3.63, 3.8) is 0 Å². The molecule has 0 radical (unpaired) electrons. The van der Waals surface area contributed by atoms with Crippen molar-refractivity contribution in [1.82, 2.24) is 9.62 Å². The van der Waals surface area contributed by atoms with Crippen LogP contribution in [-0.4, -0.2) is 73.8 Å². The van der Waals surface area contributed by atoms with Gasteiger partial charge in [0.25, 0.3) is 0 Å². The van der Waals surface area contributed by atoms with Crippen LogP contribution in [0.4, 0.5) is 0 Å². The molecule has 134 valence electrons. The highest BCUT2D eigenvalue weighted by molar-refractivity contribution is 7.88. The maximum Gasteiger partial charge on any atom is 0.208 e. The van der Waals surface area contributed by atoms with Crippen molar-refractivity contribution >= 4 is 10.0 Å². The first kappa shape index (κ1) is 17.8. The fourth-order valence-electron chi connectivity index (χ4n) is 3.60. The Morgan fingerprint density at radius 1 is 1.29 bits per heavy atom. The summed E-state index contributed by atoms with van der Waals surface area (Å²) in [6, 6.07) is 7.82. The zero-order valence-corrected chi connectivity index (χ0v) is 14.4. The number of rotatable bonds is 5. The van der Waals surface area contributed by atoms with E-state index >= 15 is 0 Å². The van der Waals surface area contributed by atoms with Gasteiger partial charge < -0.3 is 14.9 Å². The van der Waals surface area contributed by atoms with E-state index in [0.29, 0.717) is 6.54 Å². The van der Waals surface area contributed by atoms with Crippen molar-refractivity contribution in [2.75, 3.05) is 26.0 Å². The van der Waals surface area contributed by atoms with Gasteiger partial charge in [0.2, 0.25) is 10.0 Å². The lowest BCUT2D eigenvalue weighted by Crippen LogP contribution is -2.52. The highest BCUT2D eigenvalue weighted by atomic mass is 32.2. The SMILES string of the molecule is CS(=O)(=O)NCC1OC(CO)C(O)C1N1CCc2ccccc2C1. The standard InChI is InChI=1S/C16H24N2O5S/c1-24(21,22)17-8-13-15(16(20)14(10-19)23-13)18-7-6-11-4-2-3-5-12(11)9-18/h2-5,13-17,19-20H,6-10H2,1H3. The van der Waals surface area contributed by atoms with Crippen LogP contribution in [0.5, 0.6) is 0 Å². The normalized spacial score (nSPS) is 31.1. The minimum Gasteiger partial charge on any atom is -0.394 e. The average Bonchev–Trinajstić information content (AvgIpc) is 2.87. The van der Waals surface area contributed by atoms with Crippen LogP contribution in [0.1, 0.15) is 11.1 Å². The molecule has 0 saturated carbocycles. The van der Waals surface area contributed by atoms with E-state index in [-0.39, 0.29) is 19.2 Å². The number of sulfonamides is 1. The van der Waals surface area contributed by atoms with Crippen molar-refractivity contribution in [2.24, 2.45) is 0 Å². The summed E-state index contributed by atoms with van der Waals surface area (Å²) in [6.07, 6.45) is -0.0917. The number of fused-ring (bicyclic) bond motifs is 1. The molecular formula is C16H24N2O5S. The highest BCUT2D eigenvalue weighted by Crippen LogP contribution is 2.30. The van der Waals surface area contributed by atoms with Gasteiger partial charge in [0, 0.05) is 19.6 Å². The van der Waals surface area contributed by atoms with E-state index in [1.54, 1.807) is 0 Å². The fraction of sp³-hybridized carbons (Fsp3) is 0.625. The largest absolute Gasteiger partial charge is 0.394 e. The van der Waals surface area contributed by atoms with Crippen molar-refractivity contribution < 1.29 is 23.4 Å². The lowest BCUT2D eigenvalue weighted by molar-refractivity contribution is -0.0201. The van der Waals surface area contributed by atoms with Crippen molar-refractivity contribution in [3.8, 4) is 0 Å². The molecule has 24 heavy (non-hydrogen) atoms. The van der Waals surface area contributed by atoms with Gasteiger partial charge in [0.15, 0.2) is 0 Å². The summed E-state index contributed by atoms with van der Waals surface area (Å²) in [5.74, 6) is 0. The molecule has 1 saturated heterocycles. The van der Waals surface area contributed by atoms with E-state index < -0.39 is 28.3 Å². The third kappa shape index (κ3) is 3.79. The van der Waals surface area contributed by atoms with Gasteiger partial charge in [-0.1, -0.05) is 24.3 Å². The van der Waals surface area contributed by atoms with Gasteiger partial charge in [-0.2, -0.15) is 0 Å². The van der Waals surface area contributed by atoms with E-state index in [1.165, 1.54) is 11.1 Å². The quantitative estimate of drug-likeness (QED) is 0.631. The molecule has 2 heterocycles. The Balaban J connectivity index is 1.77. The first-order valence-electron chi connectivity index (χ1n) is 8.09. The van der Waals surface area contributed by atoms with Crippen LogP contribution < -0.4 is 4.72 Å². The molecular weight excluding hydrogens is 332 g/mol. The molecule has 4 unspecified atom stereocenters. The number of aliphatic hydroxyl groups is 2. The number of ether oxygens (including phenoxy) is 1. The number of hydrogen-bond acceptors (Lipinski definition) is 6. The van der Waals surface area contributed by atoms with Crippen LogP contribution in [0.3, 0.4) is 0 Å². The van der Waals surface area contributed by atoms with E-state index in [2.05, 4.69) is 21.8 Å². The van der Waals surface area contributed by atoms with Crippen molar-refractivity contribution in [3.05, 3.63) is 35.4 Å². The van der Waals surface area contributed by atoms with E-state index in [4.69, 9.17) is 4.74 Å². The molecule has 1 aromatic rings. The summed E-state index contributed by atoms with van der Waals surface area (Å²) >= 11 is 0. The number of aliphatic hydroxyl groups excluding tert-OH is 2. The van der Waals surface area contributed by atoms with Gasteiger partial charge in [-0.3, -0.25) is 4.90 Å². The van der Waals surface area contributed by atoms with Crippen LogP contribution in [-0.2, 0) is 27.7 Å². The molecule has 3 N–H and O–H groups in total. The van der Waals surface area contributed by atoms with Crippen molar-refractivity contribution in [2.45, 2.75) is 37.3 Å². The minimum atomic E-state index is -3.35. The molecule has 4 atom stereocenters. The Morgan fingerprint density at radius 3 is 2.67 bits per heavy atom. The Labute approximate surface area is 142 Å². The van der Waals surface area contributed by atoms with Gasteiger partial charge >= 0.3 is 0 Å². The molecule has 7 nitrogen and oxygen atoms in total. The van der Waals surface area contributed by atoms with Crippen LogP contribution >= 0.6 is 0 Å². The third-order valence-corrected chi connectivity index (χ3v) is 5.46. The Kier molecular flexibility index (Phi) is 5.24. The van der Waals surface area contributed by atoms with Crippen LogP contribution in [0.15, 0.2) is 24.3 Å². The predicted octanol–water partition coefficient (Wildman–Crippen LogP) is -0.917. The fourth-order valence-corrected chi connectivity index (χ4v) is 4.07. The van der Waals surface area contributed by atoms with Gasteiger partial charge in [-0.25, -0.2) is 13.1 Å². The second-order valence-electron chi connectivity index (χ2n) is 6.49. The Hall–Kier alpha value is -1.03. The van der Waals surface area contributed by atoms with Gasteiger partial charge in [0.1, 0.15) is 12.2 Å². The van der Waals surface area contributed by atoms with E-state index in [1.807, 2.05) is 12.1 Å². The van der Waals surface area contributed by atoms with Gasteiger partial charge in [-0.05, 0) is 17.5 Å². The lowest BCUT2D eigenvalue weighted by Gasteiger charge is -2.37. The van der Waals surface area contributed by atoms with E-state index in [9.17, 15) is 18.6 Å². The summed E-state index contributed by atoms with van der Waals surface area (Å²) in [4.78, 5) is 2.12. The van der Waals surface area contributed by atoms with Crippen molar-refractivity contribution in [1.29, 1.82) is 0 Å². The van der Waals surface area contributed by atoms with E-state index in [0.717, 1.165) is 19.2 Å². The molecule has 2 aliphatic rings. The first-order chi connectivity index (χ1) is 11.4. The Bertz CT molecular complexity index is 681. The van der Waals surface area contributed by atoms with Crippen LogP contribution in [0.2, 0.25) is 0 Å². The zero-order valence-electron chi connectivity index (χ0n) is 13.6. The zero-order chi connectivity index (χ0) is 17.3. The molecule has 0 spiro atoms. The number of hydrogen-bond donors (Lipinski definition) is 3.